The Morgan fingerprint density at radius 2 is 1.77 bits per heavy atom. The van der Waals surface area contributed by atoms with E-state index in [0.29, 0.717) is 16.7 Å². The van der Waals surface area contributed by atoms with Gasteiger partial charge in [-0.25, -0.2) is 13.6 Å². The number of aromatic nitrogens is 5. The first-order valence-electron chi connectivity index (χ1n) is 11.1. The number of hydrogen-bond donors (Lipinski definition) is 1. The molecule has 1 atom stereocenters. The van der Waals surface area contributed by atoms with Gasteiger partial charge >= 0.3 is 5.69 Å². The molecule has 3 aromatic heterocycles. The van der Waals surface area contributed by atoms with Gasteiger partial charge in [0.15, 0.2) is 0 Å². The zero-order chi connectivity index (χ0) is 24.3. The summed E-state index contributed by atoms with van der Waals surface area (Å²) in [7, 11) is 1.86. The molecule has 8 nitrogen and oxygen atoms in total. The van der Waals surface area contributed by atoms with Crippen molar-refractivity contribution in [3.63, 3.8) is 0 Å². The number of halogens is 2. The van der Waals surface area contributed by atoms with Gasteiger partial charge in [0.2, 0.25) is 5.91 Å². The molecule has 5 aromatic rings. The molecule has 0 saturated heterocycles. The Balaban J connectivity index is 1.37. The molecular formula is C25H20F2N6O2. The topological polar surface area (TPSA) is 86.7 Å². The van der Waals surface area contributed by atoms with E-state index in [9.17, 15) is 18.4 Å². The average molecular weight is 474 g/mol. The molecule has 0 spiro atoms. The van der Waals surface area contributed by atoms with Gasteiger partial charge in [-0.05, 0) is 29.8 Å². The number of hydrogen-bond acceptors (Lipinski definition) is 4. The second-order valence-electron chi connectivity index (χ2n) is 8.71. The summed E-state index contributed by atoms with van der Waals surface area (Å²) in [6, 6.07) is 13.4. The molecule has 1 aliphatic carbocycles. The minimum Gasteiger partial charge on any atom is -0.346 e. The Labute approximate surface area is 197 Å². The van der Waals surface area contributed by atoms with Crippen LogP contribution in [0.5, 0.6) is 0 Å². The Morgan fingerprint density at radius 3 is 2.49 bits per heavy atom. The normalized spacial score (nSPS) is 16.6. The van der Waals surface area contributed by atoms with Crippen molar-refractivity contribution in [2.24, 2.45) is 7.05 Å². The fraction of sp³-hybridized carbons (Fsp3) is 0.200. The first-order valence-corrected chi connectivity index (χ1v) is 11.1. The van der Waals surface area contributed by atoms with Crippen LogP contribution in [-0.4, -0.2) is 41.8 Å². The lowest BCUT2D eigenvalue weighted by molar-refractivity contribution is -0.122. The van der Waals surface area contributed by atoms with Crippen LogP contribution < -0.4 is 11.0 Å². The second-order valence-corrected chi connectivity index (χ2v) is 8.71. The number of nitrogens with zero attached hydrogens (tertiary/aromatic N) is 5. The first-order chi connectivity index (χ1) is 16.8. The third-order valence-electron chi connectivity index (χ3n) is 6.41. The van der Waals surface area contributed by atoms with Crippen LogP contribution in [0, 0.1) is 0 Å². The van der Waals surface area contributed by atoms with Crippen molar-refractivity contribution in [2.45, 2.75) is 24.9 Å². The Bertz CT molecular complexity index is 1670. The lowest BCUT2D eigenvalue weighted by atomic mass is 10.0. The first kappa shape index (κ1) is 21.2. The van der Waals surface area contributed by atoms with Gasteiger partial charge in [0.1, 0.15) is 6.54 Å². The van der Waals surface area contributed by atoms with E-state index in [0.717, 1.165) is 22.0 Å². The van der Waals surface area contributed by atoms with Crippen molar-refractivity contribution < 1.29 is 13.6 Å². The van der Waals surface area contributed by atoms with Crippen LogP contribution in [0.2, 0.25) is 0 Å². The average Bonchev–Trinajstić information content (AvgIpc) is 3.14. The molecule has 3 heterocycles. The van der Waals surface area contributed by atoms with Crippen LogP contribution in [-0.2, 0) is 18.4 Å². The van der Waals surface area contributed by atoms with E-state index >= 15 is 0 Å². The molecule has 35 heavy (non-hydrogen) atoms. The van der Waals surface area contributed by atoms with Crippen LogP contribution in [0.15, 0.2) is 71.9 Å². The zero-order valence-electron chi connectivity index (χ0n) is 18.7. The van der Waals surface area contributed by atoms with Crippen LogP contribution >= 0.6 is 0 Å². The van der Waals surface area contributed by atoms with Gasteiger partial charge in [0, 0.05) is 30.6 Å². The lowest BCUT2D eigenvalue weighted by Crippen LogP contribution is -2.35. The Kier molecular flexibility index (Phi) is 4.60. The summed E-state index contributed by atoms with van der Waals surface area (Å²) in [5.74, 6) is -3.49. The molecule has 0 aliphatic heterocycles. The minimum atomic E-state index is -2.87. The highest BCUT2D eigenvalue weighted by molar-refractivity contribution is 5.93. The third-order valence-corrected chi connectivity index (χ3v) is 6.41. The van der Waals surface area contributed by atoms with Crippen molar-refractivity contribution >= 4 is 27.8 Å². The van der Waals surface area contributed by atoms with E-state index in [1.54, 1.807) is 47.5 Å². The number of imidazole rings is 1. The second kappa shape index (κ2) is 7.59. The van der Waals surface area contributed by atoms with E-state index in [-0.39, 0.29) is 13.0 Å². The molecular weight excluding hydrogens is 454 g/mol. The highest BCUT2D eigenvalue weighted by atomic mass is 19.3. The van der Waals surface area contributed by atoms with Crippen molar-refractivity contribution in [3.8, 4) is 16.8 Å². The minimum absolute atomic E-state index is 0.342. The number of aryl methyl sites for hydroxylation is 1. The van der Waals surface area contributed by atoms with Crippen LogP contribution in [0.3, 0.4) is 0 Å². The molecule has 10 heteroatoms. The highest BCUT2D eigenvalue weighted by Crippen LogP contribution is 2.41. The number of carbonyl (C=O) groups excluding carboxylic acids is 1. The maximum Gasteiger partial charge on any atom is 0.334 e. The number of benzene rings is 2. The van der Waals surface area contributed by atoms with Gasteiger partial charge in [-0.2, -0.15) is 5.10 Å². The van der Waals surface area contributed by atoms with Crippen LogP contribution in [0.25, 0.3) is 38.8 Å². The summed E-state index contributed by atoms with van der Waals surface area (Å²) >= 11 is 0. The molecule has 0 bridgehead atoms. The van der Waals surface area contributed by atoms with E-state index in [1.165, 1.54) is 9.13 Å². The highest BCUT2D eigenvalue weighted by Gasteiger charge is 2.57. The SMILES string of the molecule is Cn1ncc2c(-c3ccc(-n4c(=O)n(CC(=O)NC5CC5(F)F)c5ccccc54)cc3)cncc21. The predicted octanol–water partition coefficient (Wildman–Crippen LogP) is 3.26. The standard InChI is InChI=1S/C25H20F2N6O2/c1-31-21-13-28-11-17(18(21)12-29-31)15-6-8-16(9-7-15)33-20-5-3-2-4-19(20)32(24(33)35)14-23(34)30-22-10-25(22,26)27/h2-9,11-13,22H,10,14H2,1H3,(H,30,34). The van der Waals surface area contributed by atoms with Crippen molar-refractivity contribution in [3.05, 3.63) is 77.6 Å². The summed E-state index contributed by atoms with van der Waals surface area (Å²) in [5, 5.41) is 7.58. The number of pyridine rings is 1. The summed E-state index contributed by atoms with van der Waals surface area (Å²) < 4.78 is 31.0. The molecule has 176 valence electrons. The molecule has 0 radical (unpaired) electrons. The molecule has 1 fully saturated rings. The number of alkyl halides is 2. The van der Waals surface area contributed by atoms with Crippen molar-refractivity contribution in [1.82, 2.24) is 29.2 Å². The van der Waals surface area contributed by atoms with Crippen LogP contribution in [0.4, 0.5) is 8.78 Å². The zero-order valence-corrected chi connectivity index (χ0v) is 18.7. The summed E-state index contributed by atoms with van der Waals surface area (Å²) in [6.45, 7) is -0.342. The summed E-state index contributed by atoms with van der Waals surface area (Å²) in [4.78, 5) is 30.1. The quantitative estimate of drug-likeness (QED) is 0.424. The monoisotopic (exact) mass is 474 g/mol. The number of carbonyl (C=O) groups is 1. The number of nitrogens with one attached hydrogen (secondary N) is 1. The smallest absolute Gasteiger partial charge is 0.334 e. The van der Waals surface area contributed by atoms with Crippen molar-refractivity contribution in [2.75, 3.05) is 0 Å². The van der Waals surface area contributed by atoms with Gasteiger partial charge in [0.25, 0.3) is 5.92 Å². The van der Waals surface area contributed by atoms with Gasteiger partial charge in [-0.3, -0.25) is 23.6 Å². The maximum absolute atomic E-state index is 13.4. The fourth-order valence-electron chi connectivity index (χ4n) is 4.44. The molecule has 2 aromatic carbocycles. The molecule has 1 unspecified atom stereocenters. The Hall–Kier alpha value is -4.34. The van der Waals surface area contributed by atoms with Gasteiger partial charge in [-0.1, -0.05) is 24.3 Å². The summed E-state index contributed by atoms with van der Waals surface area (Å²) in [6.07, 6.45) is 4.96. The number of fused-ring (bicyclic) bond motifs is 2. The van der Waals surface area contributed by atoms with E-state index in [2.05, 4.69) is 15.4 Å². The number of amides is 1. The molecule has 6 rings (SSSR count). The van der Waals surface area contributed by atoms with Gasteiger partial charge in [-0.15, -0.1) is 0 Å². The maximum atomic E-state index is 13.4. The summed E-state index contributed by atoms with van der Waals surface area (Å²) in [5.41, 5.74) is 4.11. The van der Waals surface area contributed by atoms with E-state index in [1.807, 2.05) is 31.3 Å². The van der Waals surface area contributed by atoms with Gasteiger partial charge in [0.05, 0.1) is 40.7 Å². The van der Waals surface area contributed by atoms with E-state index < -0.39 is 23.6 Å². The number of rotatable bonds is 5. The van der Waals surface area contributed by atoms with E-state index in [4.69, 9.17) is 0 Å². The van der Waals surface area contributed by atoms with Crippen LogP contribution in [0.1, 0.15) is 6.42 Å². The molecule has 1 saturated carbocycles. The lowest BCUT2D eigenvalue weighted by Gasteiger charge is -2.07. The Morgan fingerprint density at radius 1 is 1.06 bits per heavy atom. The fourth-order valence-corrected chi connectivity index (χ4v) is 4.44. The predicted molar refractivity (Wildman–Crippen MR) is 127 cm³/mol. The molecule has 1 N–H and O–H groups in total. The van der Waals surface area contributed by atoms with Gasteiger partial charge < -0.3 is 5.32 Å². The largest absolute Gasteiger partial charge is 0.346 e. The number of para-hydroxylation sites is 2. The van der Waals surface area contributed by atoms with Crippen molar-refractivity contribution in [1.29, 1.82) is 0 Å². The molecule has 1 amide bonds. The third kappa shape index (κ3) is 3.49. The molecule has 1 aliphatic rings.